The van der Waals surface area contributed by atoms with E-state index in [1.165, 1.54) is 11.1 Å². The maximum absolute atomic E-state index is 5.98. The van der Waals surface area contributed by atoms with Gasteiger partial charge >= 0.3 is 0 Å². The number of benzene rings is 1. The van der Waals surface area contributed by atoms with Crippen molar-refractivity contribution in [3.05, 3.63) is 29.6 Å². The molecule has 2 aromatic rings. The molecular weight excluding hydrogens is 220 g/mol. The predicted molar refractivity (Wildman–Crippen MR) is 69.0 cm³/mol. The number of hydrogen-bond donors (Lipinski definition) is 0. The normalized spacial score (nSPS) is 12.3. The highest BCUT2D eigenvalue weighted by Gasteiger charge is 2.21. The fourth-order valence-electron chi connectivity index (χ4n) is 2.15. The molecule has 0 fully saturated rings. The first kappa shape index (κ1) is 11.5. The summed E-state index contributed by atoms with van der Waals surface area (Å²) in [5, 5.41) is 0. The van der Waals surface area contributed by atoms with Crippen LogP contribution in [-0.4, -0.2) is 9.55 Å². The van der Waals surface area contributed by atoms with Crippen molar-refractivity contribution in [3.63, 3.8) is 0 Å². The van der Waals surface area contributed by atoms with Crippen LogP contribution in [0.25, 0.3) is 11.0 Å². The minimum atomic E-state index is 0.00505. The van der Waals surface area contributed by atoms with Gasteiger partial charge in [-0.1, -0.05) is 12.1 Å². The van der Waals surface area contributed by atoms with Gasteiger partial charge in [-0.25, -0.2) is 4.98 Å². The summed E-state index contributed by atoms with van der Waals surface area (Å²) in [6.07, 6.45) is 0. The van der Waals surface area contributed by atoms with Gasteiger partial charge in [-0.3, -0.25) is 0 Å². The van der Waals surface area contributed by atoms with Crippen LogP contribution >= 0.6 is 11.6 Å². The van der Waals surface area contributed by atoms with Gasteiger partial charge in [0.15, 0.2) is 0 Å². The molecule has 1 heterocycles. The van der Waals surface area contributed by atoms with E-state index in [2.05, 4.69) is 43.3 Å². The number of imidazole rings is 1. The quantitative estimate of drug-likeness (QED) is 0.688. The Kier molecular flexibility index (Phi) is 2.70. The number of halogens is 1. The zero-order chi connectivity index (χ0) is 11.9. The number of nitrogens with zero attached hydrogens (tertiary/aromatic N) is 2. The Balaban J connectivity index is 2.87. The molecule has 0 aliphatic heterocycles. The molecule has 16 heavy (non-hydrogen) atoms. The number of alkyl halides is 1. The molecule has 86 valence electrons. The standard InChI is InChI=1S/C13H17ClN2/c1-9-6-5-7-10-12(9)16(13(2,3)4)11(8-14)15-10/h5-7H,8H2,1-4H3. The van der Waals surface area contributed by atoms with E-state index in [4.69, 9.17) is 11.6 Å². The van der Waals surface area contributed by atoms with Crippen molar-refractivity contribution in [1.29, 1.82) is 0 Å². The first-order valence-electron chi connectivity index (χ1n) is 5.48. The molecule has 3 heteroatoms. The van der Waals surface area contributed by atoms with Crippen molar-refractivity contribution in [2.45, 2.75) is 39.1 Å². The zero-order valence-electron chi connectivity index (χ0n) is 10.2. The number of fused-ring (bicyclic) bond motifs is 1. The third-order valence-corrected chi connectivity index (χ3v) is 2.98. The number of aromatic nitrogens is 2. The minimum absolute atomic E-state index is 0.00505. The van der Waals surface area contributed by atoms with E-state index >= 15 is 0 Å². The fourth-order valence-corrected chi connectivity index (χ4v) is 2.33. The third-order valence-electron chi connectivity index (χ3n) is 2.74. The van der Waals surface area contributed by atoms with Crippen molar-refractivity contribution >= 4 is 22.6 Å². The van der Waals surface area contributed by atoms with E-state index in [0.29, 0.717) is 5.88 Å². The SMILES string of the molecule is Cc1cccc2nc(CCl)n(C(C)(C)C)c12. The first-order chi connectivity index (χ1) is 7.45. The molecule has 0 amide bonds. The molecule has 0 unspecified atom stereocenters. The molecule has 0 spiro atoms. The summed E-state index contributed by atoms with van der Waals surface area (Å²) in [6.45, 7) is 8.65. The summed E-state index contributed by atoms with van der Waals surface area (Å²) < 4.78 is 2.24. The molecular formula is C13H17ClN2. The highest BCUT2D eigenvalue weighted by atomic mass is 35.5. The first-order valence-corrected chi connectivity index (χ1v) is 6.02. The molecule has 2 rings (SSSR count). The molecule has 0 aliphatic rings. The summed E-state index contributed by atoms with van der Waals surface area (Å²) in [6, 6.07) is 6.20. The molecule has 0 saturated carbocycles. The van der Waals surface area contributed by atoms with Gasteiger partial charge in [-0.2, -0.15) is 0 Å². The number of hydrogen-bond acceptors (Lipinski definition) is 1. The lowest BCUT2D eigenvalue weighted by molar-refractivity contribution is 0.398. The van der Waals surface area contributed by atoms with E-state index in [1.807, 2.05) is 12.1 Å². The van der Waals surface area contributed by atoms with Crippen LogP contribution in [0.15, 0.2) is 18.2 Å². The maximum atomic E-state index is 5.98. The van der Waals surface area contributed by atoms with Crippen molar-refractivity contribution in [2.24, 2.45) is 0 Å². The van der Waals surface area contributed by atoms with Crippen LogP contribution in [0.2, 0.25) is 0 Å². The fraction of sp³-hybridized carbons (Fsp3) is 0.462. The van der Waals surface area contributed by atoms with Crippen LogP contribution in [0.3, 0.4) is 0 Å². The second kappa shape index (κ2) is 3.77. The number of para-hydroxylation sites is 1. The van der Waals surface area contributed by atoms with E-state index in [9.17, 15) is 0 Å². The number of aryl methyl sites for hydroxylation is 1. The Morgan fingerprint density at radius 1 is 1.31 bits per heavy atom. The largest absolute Gasteiger partial charge is 0.321 e. The smallest absolute Gasteiger partial charge is 0.125 e. The van der Waals surface area contributed by atoms with Crippen LogP contribution in [0.5, 0.6) is 0 Å². The minimum Gasteiger partial charge on any atom is -0.321 e. The Bertz CT molecular complexity index is 520. The Morgan fingerprint density at radius 3 is 2.56 bits per heavy atom. The van der Waals surface area contributed by atoms with Crippen molar-refractivity contribution in [3.8, 4) is 0 Å². The molecule has 0 radical (unpaired) electrons. The Labute approximate surface area is 101 Å². The van der Waals surface area contributed by atoms with Gasteiger partial charge < -0.3 is 4.57 Å². The monoisotopic (exact) mass is 236 g/mol. The highest BCUT2D eigenvalue weighted by Crippen LogP contribution is 2.28. The molecule has 0 aliphatic carbocycles. The molecule has 1 aromatic heterocycles. The van der Waals surface area contributed by atoms with E-state index in [0.717, 1.165) is 11.3 Å². The molecule has 1 aromatic carbocycles. The van der Waals surface area contributed by atoms with Crippen molar-refractivity contribution in [2.75, 3.05) is 0 Å². The van der Waals surface area contributed by atoms with Crippen molar-refractivity contribution in [1.82, 2.24) is 9.55 Å². The summed E-state index contributed by atoms with van der Waals surface area (Å²) >= 11 is 5.98. The lowest BCUT2D eigenvalue weighted by Gasteiger charge is -2.24. The summed E-state index contributed by atoms with van der Waals surface area (Å²) in [5.41, 5.74) is 3.48. The van der Waals surface area contributed by atoms with Crippen LogP contribution in [0.4, 0.5) is 0 Å². The average Bonchev–Trinajstić information content (AvgIpc) is 2.57. The number of rotatable bonds is 1. The van der Waals surface area contributed by atoms with Gasteiger partial charge in [0.25, 0.3) is 0 Å². The zero-order valence-corrected chi connectivity index (χ0v) is 11.0. The summed E-state index contributed by atoms with van der Waals surface area (Å²) in [7, 11) is 0. The van der Waals surface area contributed by atoms with Gasteiger partial charge in [0, 0.05) is 5.54 Å². The lowest BCUT2D eigenvalue weighted by Crippen LogP contribution is -2.24. The van der Waals surface area contributed by atoms with Crippen LogP contribution in [0, 0.1) is 6.92 Å². The van der Waals surface area contributed by atoms with Gasteiger partial charge in [-0.15, -0.1) is 11.6 Å². The highest BCUT2D eigenvalue weighted by molar-refractivity contribution is 6.16. The Hall–Kier alpha value is -1.02. The third kappa shape index (κ3) is 1.71. The van der Waals surface area contributed by atoms with E-state index in [-0.39, 0.29) is 5.54 Å². The average molecular weight is 237 g/mol. The lowest BCUT2D eigenvalue weighted by atomic mass is 10.1. The van der Waals surface area contributed by atoms with Crippen LogP contribution in [-0.2, 0) is 11.4 Å². The second-order valence-electron chi connectivity index (χ2n) is 5.11. The van der Waals surface area contributed by atoms with E-state index in [1.54, 1.807) is 0 Å². The van der Waals surface area contributed by atoms with Gasteiger partial charge in [0.2, 0.25) is 0 Å². The second-order valence-corrected chi connectivity index (χ2v) is 5.38. The maximum Gasteiger partial charge on any atom is 0.125 e. The van der Waals surface area contributed by atoms with Crippen LogP contribution in [0.1, 0.15) is 32.2 Å². The topological polar surface area (TPSA) is 17.8 Å². The molecule has 0 atom stereocenters. The van der Waals surface area contributed by atoms with Crippen LogP contribution < -0.4 is 0 Å². The molecule has 2 nitrogen and oxygen atoms in total. The van der Waals surface area contributed by atoms with Gasteiger partial charge in [0.05, 0.1) is 16.9 Å². The molecule has 0 bridgehead atoms. The summed E-state index contributed by atoms with van der Waals surface area (Å²) in [5.74, 6) is 1.39. The van der Waals surface area contributed by atoms with Crippen molar-refractivity contribution < 1.29 is 0 Å². The Morgan fingerprint density at radius 2 is 2.00 bits per heavy atom. The van der Waals surface area contributed by atoms with Gasteiger partial charge in [-0.05, 0) is 39.3 Å². The molecule has 0 saturated heterocycles. The van der Waals surface area contributed by atoms with Gasteiger partial charge in [0.1, 0.15) is 5.82 Å². The summed E-state index contributed by atoms with van der Waals surface area (Å²) in [4.78, 5) is 4.59. The molecule has 0 N–H and O–H groups in total. The van der Waals surface area contributed by atoms with E-state index < -0.39 is 0 Å². The predicted octanol–water partition coefficient (Wildman–Crippen LogP) is 3.84.